The van der Waals surface area contributed by atoms with E-state index in [2.05, 4.69) is 19.4 Å². The van der Waals surface area contributed by atoms with E-state index in [9.17, 15) is 16.8 Å². The molecule has 0 bridgehead atoms. The van der Waals surface area contributed by atoms with Crippen LogP contribution in [0.15, 0.2) is 22.7 Å². The Balaban J connectivity index is 1.66. The number of rotatable bonds is 11. The summed E-state index contributed by atoms with van der Waals surface area (Å²) in [6.45, 7) is 0.481. The van der Waals surface area contributed by atoms with Crippen LogP contribution in [0.25, 0.3) is 0 Å². The molecule has 2 N–H and O–H groups in total. The molecule has 10 nitrogen and oxygen atoms in total. The van der Waals surface area contributed by atoms with Crippen LogP contribution in [0.1, 0.15) is 25.7 Å². The molecule has 0 saturated carbocycles. The highest BCUT2D eigenvalue weighted by Crippen LogP contribution is 2.19. The average Bonchev–Trinajstić information content (AvgIpc) is 3.13. The Morgan fingerprint density at radius 2 is 1.14 bits per heavy atom. The summed E-state index contributed by atoms with van der Waals surface area (Å²) in [5, 5.41) is -0.293. The van der Waals surface area contributed by atoms with Crippen molar-refractivity contribution in [3.8, 4) is 0 Å². The van der Waals surface area contributed by atoms with Gasteiger partial charge in [-0.2, -0.15) is 0 Å². The summed E-state index contributed by atoms with van der Waals surface area (Å²) in [6.07, 6.45) is 5.31. The molecule has 0 unspecified atom stereocenters. The molecule has 0 radical (unpaired) electrons. The Labute approximate surface area is 174 Å². The summed E-state index contributed by atoms with van der Waals surface area (Å²) in [7, 11) is -4.29. The number of nitrogens with zero attached hydrogens (tertiary/aromatic N) is 4. The van der Waals surface area contributed by atoms with Crippen LogP contribution in [-0.2, 0) is 34.1 Å². The van der Waals surface area contributed by atoms with Crippen LogP contribution in [0.5, 0.6) is 0 Å². The quantitative estimate of drug-likeness (QED) is 0.473. The molecule has 28 heavy (non-hydrogen) atoms. The number of halogens is 2. The second-order valence-electron chi connectivity index (χ2n) is 6.11. The van der Waals surface area contributed by atoms with Crippen molar-refractivity contribution in [1.29, 1.82) is 0 Å². The van der Waals surface area contributed by atoms with Crippen LogP contribution >= 0.6 is 23.2 Å². The summed E-state index contributed by atoms with van der Waals surface area (Å²) in [6, 6.07) is 0. The van der Waals surface area contributed by atoms with Crippen LogP contribution in [0.4, 0.5) is 0 Å². The molecule has 14 heteroatoms. The first-order valence-electron chi connectivity index (χ1n) is 8.39. The lowest BCUT2D eigenvalue weighted by molar-refractivity contribution is 0.560. The van der Waals surface area contributed by atoms with Crippen molar-refractivity contribution < 1.29 is 16.8 Å². The molecular weight excluding hydrogens is 451 g/mol. The lowest BCUT2D eigenvalue weighted by atomic mass is 10.2. The fourth-order valence-electron chi connectivity index (χ4n) is 2.30. The van der Waals surface area contributed by atoms with E-state index < -0.39 is 20.0 Å². The Bertz CT molecular complexity index is 935. The van der Waals surface area contributed by atoms with Crippen LogP contribution in [0, 0.1) is 0 Å². The zero-order valence-corrected chi connectivity index (χ0v) is 18.5. The predicted molar refractivity (Wildman–Crippen MR) is 105 cm³/mol. The maximum atomic E-state index is 12.1. The molecule has 0 atom stereocenters. The number of hydrogen-bond acceptors (Lipinski definition) is 6. The van der Waals surface area contributed by atoms with Crippen molar-refractivity contribution in [2.75, 3.05) is 13.1 Å². The number of hydrogen-bond donors (Lipinski definition) is 2. The molecule has 0 saturated heterocycles. The second-order valence-corrected chi connectivity index (χ2v) is 10.2. The van der Waals surface area contributed by atoms with Crippen LogP contribution in [-0.4, -0.2) is 49.0 Å². The zero-order chi connectivity index (χ0) is 20.9. The van der Waals surface area contributed by atoms with Crippen LogP contribution in [0.2, 0.25) is 10.3 Å². The van der Waals surface area contributed by atoms with E-state index in [0.717, 1.165) is 12.8 Å². The van der Waals surface area contributed by atoms with Gasteiger partial charge in [0.2, 0.25) is 10.1 Å². The van der Waals surface area contributed by atoms with Crippen molar-refractivity contribution in [2.24, 2.45) is 14.1 Å². The summed E-state index contributed by atoms with van der Waals surface area (Å²) < 4.78 is 56.2. The Morgan fingerprint density at radius 1 is 0.786 bits per heavy atom. The second kappa shape index (κ2) is 9.55. The van der Waals surface area contributed by atoms with Crippen molar-refractivity contribution in [3.63, 3.8) is 0 Å². The summed E-state index contributed by atoms with van der Waals surface area (Å²) in [5.41, 5.74) is 0. The molecular formula is C14H22Cl2N6O4S2. The Morgan fingerprint density at radius 3 is 1.43 bits per heavy atom. The van der Waals surface area contributed by atoms with E-state index in [1.165, 1.54) is 21.8 Å². The van der Waals surface area contributed by atoms with Crippen LogP contribution in [0.3, 0.4) is 0 Å². The van der Waals surface area contributed by atoms with Gasteiger partial charge in [0.1, 0.15) is 10.3 Å². The molecule has 0 amide bonds. The van der Waals surface area contributed by atoms with Gasteiger partial charge in [-0.1, -0.05) is 36.0 Å². The molecule has 2 aromatic rings. The molecule has 2 rings (SSSR count). The fraction of sp³-hybridized carbons (Fsp3) is 0.571. The molecule has 0 aliphatic rings. The smallest absolute Gasteiger partial charge is 0.261 e. The fourth-order valence-corrected chi connectivity index (χ4v) is 5.30. The van der Waals surface area contributed by atoms with E-state index in [4.69, 9.17) is 23.2 Å². The summed E-state index contributed by atoms with van der Waals surface area (Å²) >= 11 is 11.8. The highest BCUT2D eigenvalue weighted by Gasteiger charge is 2.22. The maximum Gasteiger partial charge on any atom is 0.261 e. The van der Waals surface area contributed by atoms with Gasteiger partial charge in [0.25, 0.3) is 20.0 Å². The Kier molecular flexibility index (Phi) is 7.88. The third-order valence-corrected chi connectivity index (χ3v) is 7.76. The lowest BCUT2D eigenvalue weighted by Gasteiger charge is -2.06. The van der Waals surface area contributed by atoms with Gasteiger partial charge in [0, 0.05) is 27.2 Å². The van der Waals surface area contributed by atoms with Gasteiger partial charge < -0.3 is 9.13 Å². The molecule has 158 valence electrons. The van der Waals surface area contributed by atoms with Gasteiger partial charge in [0.15, 0.2) is 0 Å². The highest BCUT2D eigenvalue weighted by molar-refractivity contribution is 7.89. The van der Waals surface area contributed by atoms with E-state index in [0.29, 0.717) is 12.8 Å². The summed E-state index contributed by atoms with van der Waals surface area (Å²) in [4.78, 5) is 7.56. The topological polar surface area (TPSA) is 128 Å². The average molecular weight is 473 g/mol. The molecule has 0 aliphatic carbocycles. The van der Waals surface area contributed by atoms with Gasteiger partial charge in [-0.15, -0.1) is 0 Å². The zero-order valence-electron chi connectivity index (χ0n) is 15.4. The molecule has 0 aliphatic heterocycles. The Hall–Kier alpha value is -1.18. The van der Waals surface area contributed by atoms with E-state index in [-0.39, 0.29) is 33.4 Å². The molecule has 0 aromatic carbocycles. The predicted octanol–water partition coefficient (Wildman–Crippen LogP) is 1.28. The third kappa shape index (κ3) is 5.67. The minimum Gasteiger partial charge on any atom is -0.324 e. The van der Waals surface area contributed by atoms with Gasteiger partial charge >= 0.3 is 0 Å². The van der Waals surface area contributed by atoms with Crippen molar-refractivity contribution >= 4 is 43.2 Å². The largest absolute Gasteiger partial charge is 0.324 e. The lowest BCUT2D eigenvalue weighted by Crippen LogP contribution is -2.26. The summed E-state index contributed by atoms with van der Waals surface area (Å²) in [5.74, 6) is 0. The minimum atomic E-state index is -3.75. The molecule has 0 spiro atoms. The number of aromatic nitrogens is 4. The SMILES string of the molecule is Cn1cnc(S(=O)(=O)NCCCCCCNS(=O)(=O)c2ncn(C)c2Cl)c1Cl. The van der Waals surface area contributed by atoms with E-state index >= 15 is 0 Å². The molecule has 0 fully saturated rings. The van der Waals surface area contributed by atoms with Gasteiger partial charge in [-0.05, 0) is 12.8 Å². The minimum absolute atomic E-state index is 0.0489. The van der Waals surface area contributed by atoms with Crippen molar-refractivity contribution in [2.45, 2.75) is 35.7 Å². The number of imidazole rings is 2. The van der Waals surface area contributed by atoms with E-state index in [1.54, 1.807) is 14.1 Å². The third-order valence-electron chi connectivity index (χ3n) is 3.87. The first kappa shape index (κ1) is 23.1. The van der Waals surface area contributed by atoms with Crippen LogP contribution < -0.4 is 9.44 Å². The number of unbranched alkanes of at least 4 members (excludes halogenated alkanes) is 3. The van der Waals surface area contributed by atoms with Gasteiger partial charge in [-0.25, -0.2) is 36.2 Å². The van der Waals surface area contributed by atoms with Crippen molar-refractivity contribution in [3.05, 3.63) is 23.0 Å². The standard InChI is InChI=1S/C14H22Cl2N6O4S2/c1-21-9-17-13(11(21)15)27(23,24)19-7-5-3-4-6-8-20-28(25,26)14-12(16)22(2)10-18-14/h9-10,19-20H,3-8H2,1-2H3. The maximum absolute atomic E-state index is 12.1. The first-order valence-corrected chi connectivity index (χ1v) is 12.1. The highest BCUT2D eigenvalue weighted by atomic mass is 35.5. The number of aryl methyl sites for hydroxylation is 2. The van der Waals surface area contributed by atoms with Gasteiger partial charge in [0.05, 0.1) is 12.7 Å². The van der Waals surface area contributed by atoms with E-state index in [1.807, 2.05) is 0 Å². The number of sulfonamides is 2. The molecule has 2 aromatic heterocycles. The monoisotopic (exact) mass is 472 g/mol. The van der Waals surface area contributed by atoms with Crippen molar-refractivity contribution in [1.82, 2.24) is 28.5 Å². The normalized spacial score (nSPS) is 12.6. The molecule has 2 heterocycles. The van der Waals surface area contributed by atoms with Gasteiger partial charge in [-0.3, -0.25) is 0 Å². The first-order chi connectivity index (χ1) is 13.1. The number of nitrogens with one attached hydrogen (secondary N) is 2.